The Hall–Kier alpha value is -1.72. The number of nitrogens with two attached hydrogens (primary N) is 1. The summed E-state index contributed by atoms with van der Waals surface area (Å²) in [5, 5.41) is 0.582. The number of nitrogen functional groups attached to an aromatic ring is 1. The predicted molar refractivity (Wildman–Crippen MR) is 85.2 cm³/mol. The van der Waals surface area contributed by atoms with E-state index in [2.05, 4.69) is 0 Å². The molecule has 0 aliphatic heterocycles. The minimum Gasteiger partial charge on any atom is -0.495 e. The minimum atomic E-state index is -3.28. The zero-order valence-electron chi connectivity index (χ0n) is 11.5. The lowest BCUT2D eigenvalue weighted by molar-refractivity contribution is 0.417. The minimum absolute atomic E-state index is 0.0316. The van der Waals surface area contributed by atoms with Gasteiger partial charge in [0.15, 0.2) is 9.84 Å². The topological polar surface area (TPSA) is 69.4 Å². The van der Waals surface area contributed by atoms with Crippen LogP contribution in [-0.4, -0.2) is 15.5 Å². The molecule has 0 saturated carbocycles. The number of halogens is 1. The van der Waals surface area contributed by atoms with Crippen LogP contribution in [0.15, 0.2) is 42.5 Å². The van der Waals surface area contributed by atoms with Crippen LogP contribution in [0.3, 0.4) is 0 Å². The van der Waals surface area contributed by atoms with E-state index in [1.54, 1.807) is 42.5 Å². The molecule has 6 heteroatoms. The van der Waals surface area contributed by atoms with Gasteiger partial charge in [0.1, 0.15) is 5.75 Å². The maximum atomic E-state index is 12.2. The van der Waals surface area contributed by atoms with Gasteiger partial charge in [-0.15, -0.1) is 0 Å². The molecule has 0 unspecified atom stereocenters. The first-order chi connectivity index (χ1) is 9.89. The van der Waals surface area contributed by atoms with Crippen LogP contribution in [0.2, 0.25) is 5.02 Å². The van der Waals surface area contributed by atoms with Gasteiger partial charge in [-0.3, -0.25) is 0 Å². The lowest BCUT2D eigenvalue weighted by Gasteiger charge is -2.08. The molecule has 0 amide bonds. The van der Waals surface area contributed by atoms with Crippen LogP contribution in [0.5, 0.6) is 5.75 Å². The zero-order chi connectivity index (χ0) is 15.5. The summed E-state index contributed by atoms with van der Waals surface area (Å²) in [4.78, 5) is 0. The van der Waals surface area contributed by atoms with Crippen LogP contribution < -0.4 is 10.5 Å². The number of benzene rings is 2. The van der Waals surface area contributed by atoms with Crippen LogP contribution in [0.25, 0.3) is 0 Å². The van der Waals surface area contributed by atoms with Gasteiger partial charge in [-0.2, -0.15) is 0 Å². The van der Waals surface area contributed by atoms with Crippen molar-refractivity contribution < 1.29 is 13.2 Å². The van der Waals surface area contributed by atoms with Gasteiger partial charge >= 0.3 is 0 Å². The van der Waals surface area contributed by atoms with E-state index in [1.807, 2.05) is 0 Å². The molecule has 0 aromatic heterocycles. The number of ether oxygens (including phenoxy) is 1. The summed E-state index contributed by atoms with van der Waals surface area (Å²) in [5.41, 5.74) is 7.56. The number of methoxy groups -OCH3 is 1. The van der Waals surface area contributed by atoms with Gasteiger partial charge in [0.25, 0.3) is 0 Å². The van der Waals surface area contributed by atoms with E-state index >= 15 is 0 Å². The third kappa shape index (κ3) is 4.37. The fourth-order valence-corrected chi connectivity index (χ4v) is 3.63. The molecule has 0 aliphatic carbocycles. The molecule has 21 heavy (non-hydrogen) atoms. The Bertz CT molecular complexity index is 727. The highest BCUT2D eigenvalue weighted by atomic mass is 35.5. The lowest BCUT2D eigenvalue weighted by Crippen LogP contribution is -2.08. The van der Waals surface area contributed by atoms with Crippen molar-refractivity contribution in [3.63, 3.8) is 0 Å². The first-order valence-corrected chi connectivity index (χ1v) is 8.47. The Labute approximate surface area is 129 Å². The Balaban J connectivity index is 2.13. The van der Waals surface area contributed by atoms with E-state index in [9.17, 15) is 8.42 Å². The van der Waals surface area contributed by atoms with Crippen LogP contribution >= 0.6 is 11.6 Å². The molecule has 0 atom stereocenters. The molecule has 0 heterocycles. The molecule has 0 aliphatic rings. The van der Waals surface area contributed by atoms with Gasteiger partial charge < -0.3 is 10.5 Å². The second-order valence-corrected chi connectivity index (χ2v) is 7.24. The van der Waals surface area contributed by atoms with E-state index in [4.69, 9.17) is 22.1 Å². The van der Waals surface area contributed by atoms with Crippen molar-refractivity contribution in [2.75, 3.05) is 12.8 Å². The number of hydrogen-bond donors (Lipinski definition) is 1. The summed E-state index contributed by atoms with van der Waals surface area (Å²) >= 11 is 5.78. The molecule has 0 spiro atoms. The van der Waals surface area contributed by atoms with Gasteiger partial charge in [0.05, 0.1) is 24.3 Å². The van der Waals surface area contributed by atoms with Crippen molar-refractivity contribution >= 4 is 27.1 Å². The number of sulfone groups is 1. The Morgan fingerprint density at radius 3 is 2.19 bits per heavy atom. The fourth-order valence-electron chi connectivity index (χ4n) is 2.01. The maximum absolute atomic E-state index is 12.2. The standard InChI is InChI=1S/C15H16ClNO3S/c1-20-15-7-4-12(8-14(15)17)10-21(18,19)9-11-2-5-13(16)6-3-11/h2-8H,9-10,17H2,1H3. The molecule has 2 aromatic rings. The maximum Gasteiger partial charge on any atom is 0.158 e. The van der Waals surface area contributed by atoms with E-state index in [1.165, 1.54) is 7.11 Å². The smallest absolute Gasteiger partial charge is 0.158 e. The number of hydrogen-bond acceptors (Lipinski definition) is 4. The largest absolute Gasteiger partial charge is 0.495 e. The molecule has 0 radical (unpaired) electrons. The molecule has 112 valence electrons. The highest BCUT2D eigenvalue weighted by molar-refractivity contribution is 7.89. The quantitative estimate of drug-likeness (QED) is 0.858. The van der Waals surface area contributed by atoms with E-state index in [0.29, 0.717) is 27.6 Å². The van der Waals surface area contributed by atoms with Crippen molar-refractivity contribution in [1.82, 2.24) is 0 Å². The van der Waals surface area contributed by atoms with Crippen molar-refractivity contribution in [3.8, 4) is 5.75 Å². The van der Waals surface area contributed by atoms with Crippen molar-refractivity contribution in [1.29, 1.82) is 0 Å². The van der Waals surface area contributed by atoms with E-state index in [0.717, 1.165) is 0 Å². The SMILES string of the molecule is COc1ccc(CS(=O)(=O)Cc2ccc(Cl)cc2)cc1N. The molecule has 2 rings (SSSR count). The molecular weight excluding hydrogens is 310 g/mol. The second kappa shape index (κ2) is 6.37. The highest BCUT2D eigenvalue weighted by Gasteiger charge is 2.14. The summed E-state index contributed by atoms with van der Waals surface area (Å²) < 4.78 is 29.5. The first kappa shape index (κ1) is 15.7. The number of anilines is 1. The molecule has 0 saturated heterocycles. The Morgan fingerprint density at radius 2 is 1.62 bits per heavy atom. The average molecular weight is 326 g/mol. The third-order valence-corrected chi connectivity index (χ3v) is 4.78. The second-order valence-electron chi connectivity index (χ2n) is 4.74. The molecule has 0 fully saturated rings. The van der Waals surface area contributed by atoms with Crippen LogP contribution in [0.4, 0.5) is 5.69 Å². The van der Waals surface area contributed by atoms with E-state index in [-0.39, 0.29) is 11.5 Å². The Kier molecular flexibility index (Phi) is 4.75. The lowest BCUT2D eigenvalue weighted by atomic mass is 10.2. The summed E-state index contributed by atoms with van der Waals surface area (Å²) in [6, 6.07) is 11.8. The van der Waals surface area contributed by atoms with Gasteiger partial charge in [-0.05, 0) is 35.4 Å². The molecule has 2 N–H and O–H groups in total. The van der Waals surface area contributed by atoms with E-state index < -0.39 is 9.84 Å². The summed E-state index contributed by atoms with van der Waals surface area (Å²) in [7, 11) is -1.76. The van der Waals surface area contributed by atoms with Crippen LogP contribution in [0.1, 0.15) is 11.1 Å². The summed E-state index contributed by atoms with van der Waals surface area (Å²) in [6.07, 6.45) is 0. The monoisotopic (exact) mass is 325 g/mol. The normalized spacial score (nSPS) is 11.3. The van der Waals surface area contributed by atoms with Gasteiger partial charge in [0, 0.05) is 5.02 Å². The van der Waals surface area contributed by atoms with Crippen molar-refractivity contribution in [3.05, 3.63) is 58.6 Å². The zero-order valence-corrected chi connectivity index (χ0v) is 13.1. The number of rotatable bonds is 5. The third-order valence-electron chi connectivity index (χ3n) is 2.98. The van der Waals surface area contributed by atoms with Gasteiger partial charge in [-0.1, -0.05) is 29.8 Å². The van der Waals surface area contributed by atoms with Crippen LogP contribution in [-0.2, 0) is 21.3 Å². The van der Waals surface area contributed by atoms with Gasteiger partial charge in [-0.25, -0.2) is 8.42 Å². The van der Waals surface area contributed by atoms with Gasteiger partial charge in [0.2, 0.25) is 0 Å². The average Bonchev–Trinajstić information content (AvgIpc) is 2.41. The molecule has 2 aromatic carbocycles. The highest BCUT2D eigenvalue weighted by Crippen LogP contribution is 2.23. The summed E-state index contributed by atoms with van der Waals surface area (Å²) in [5.74, 6) is 0.439. The molecule has 4 nitrogen and oxygen atoms in total. The van der Waals surface area contributed by atoms with Crippen molar-refractivity contribution in [2.45, 2.75) is 11.5 Å². The van der Waals surface area contributed by atoms with Crippen molar-refractivity contribution in [2.24, 2.45) is 0 Å². The Morgan fingerprint density at radius 1 is 1.05 bits per heavy atom. The molecular formula is C15H16ClNO3S. The van der Waals surface area contributed by atoms with Crippen LogP contribution in [0, 0.1) is 0 Å². The fraction of sp³-hybridized carbons (Fsp3) is 0.200. The predicted octanol–water partition coefficient (Wildman–Crippen LogP) is 3.05. The molecule has 0 bridgehead atoms. The first-order valence-electron chi connectivity index (χ1n) is 6.27. The summed E-state index contributed by atoms with van der Waals surface area (Å²) in [6.45, 7) is 0.